The van der Waals surface area contributed by atoms with Gasteiger partial charge in [-0.3, -0.25) is 4.79 Å². The van der Waals surface area contributed by atoms with E-state index in [-0.39, 0.29) is 12.8 Å². The molecule has 2 heterocycles. The molecule has 0 saturated carbocycles. The molecule has 0 amide bonds. The Kier molecular flexibility index (Phi) is 6.51. The molecular formula is C17H27N5O4+2. The van der Waals surface area contributed by atoms with Crippen LogP contribution in [-0.2, 0) is 36.8 Å². The fraction of sp³-hybridized carbons (Fsp3) is 0.529. The highest BCUT2D eigenvalue weighted by Gasteiger charge is 2.25. The summed E-state index contributed by atoms with van der Waals surface area (Å²) in [6.07, 6.45) is 7.40. The van der Waals surface area contributed by atoms with Gasteiger partial charge in [-0.15, -0.1) is 0 Å². The molecule has 0 aliphatic carbocycles. The van der Waals surface area contributed by atoms with E-state index < -0.39 is 18.0 Å². The Morgan fingerprint density at radius 1 is 1.04 bits per heavy atom. The van der Waals surface area contributed by atoms with Gasteiger partial charge in [-0.05, 0) is 20.3 Å². The third kappa shape index (κ3) is 4.48. The number of ether oxygens (including phenoxy) is 2. The van der Waals surface area contributed by atoms with Gasteiger partial charge in [0.1, 0.15) is 30.8 Å². The van der Waals surface area contributed by atoms with Gasteiger partial charge in [0, 0.05) is 6.42 Å². The van der Waals surface area contributed by atoms with Crippen molar-refractivity contribution in [2.24, 2.45) is 19.8 Å². The van der Waals surface area contributed by atoms with E-state index in [4.69, 9.17) is 15.2 Å². The van der Waals surface area contributed by atoms with Crippen LogP contribution < -0.4 is 24.3 Å². The minimum absolute atomic E-state index is 0.0199. The Hall–Kier alpha value is -2.68. The summed E-state index contributed by atoms with van der Waals surface area (Å²) in [5.74, 6) is -1.02. The van der Waals surface area contributed by atoms with E-state index in [9.17, 15) is 9.59 Å². The molecule has 0 aliphatic heterocycles. The fourth-order valence-electron chi connectivity index (χ4n) is 2.47. The van der Waals surface area contributed by atoms with Crippen LogP contribution >= 0.6 is 0 Å². The number of carbonyl (C=O) groups is 2. The Morgan fingerprint density at radius 2 is 1.54 bits per heavy atom. The molecule has 142 valence electrons. The van der Waals surface area contributed by atoms with E-state index in [1.54, 1.807) is 40.2 Å². The van der Waals surface area contributed by atoms with Crippen molar-refractivity contribution >= 4 is 11.9 Å². The lowest BCUT2D eigenvalue weighted by molar-refractivity contribution is -0.675. The van der Waals surface area contributed by atoms with E-state index >= 15 is 0 Å². The van der Waals surface area contributed by atoms with Crippen molar-refractivity contribution in [3.05, 3.63) is 24.8 Å². The maximum Gasteiger partial charge on any atom is 0.463 e. The minimum atomic E-state index is -0.908. The summed E-state index contributed by atoms with van der Waals surface area (Å²) >= 11 is 0. The molecule has 0 spiro atoms. The lowest BCUT2D eigenvalue weighted by Crippen LogP contribution is -2.39. The van der Waals surface area contributed by atoms with Crippen LogP contribution in [0.1, 0.15) is 26.7 Å². The van der Waals surface area contributed by atoms with Gasteiger partial charge in [-0.2, -0.15) is 18.3 Å². The first-order valence-electron chi connectivity index (χ1n) is 8.64. The van der Waals surface area contributed by atoms with Crippen LogP contribution in [0.4, 0.5) is 0 Å². The summed E-state index contributed by atoms with van der Waals surface area (Å²) < 4.78 is 17.7. The average molecular weight is 365 g/mol. The molecule has 0 bridgehead atoms. The fourth-order valence-corrected chi connectivity index (χ4v) is 2.47. The number of aryl methyl sites for hydroxylation is 4. The standard InChI is InChI=1S/C17H27N5O4/c1-5-21-11-9-19(3)16(21)25-14(23)8-7-13(18)15(24)26-17-20(4)10-12-22(17)6-2/h9-13H,5-8,18H2,1-4H3/q+2/t13-/m0/s1. The molecule has 0 radical (unpaired) electrons. The molecule has 2 aromatic heterocycles. The molecule has 2 N–H and O–H groups in total. The first-order valence-corrected chi connectivity index (χ1v) is 8.64. The molecule has 9 heteroatoms. The van der Waals surface area contributed by atoms with Crippen LogP contribution in [0.2, 0.25) is 0 Å². The molecule has 1 atom stereocenters. The van der Waals surface area contributed by atoms with Crippen LogP contribution in [0, 0.1) is 0 Å². The summed E-state index contributed by atoms with van der Waals surface area (Å²) in [4.78, 5) is 24.2. The number of esters is 2. The maximum absolute atomic E-state index is 12.2. The topological polar surface area (TPSA) is 96.2 Å². The molecule has 9 nitrogen and oxygen atoms in total. The van der Waals surface area contributed by atoms with Crippen LogP contribution in [-0.4, -0.2) is 27.1 Å². The van der Waals surface area contributed by atoms with Gasteiger partial charge in [0.15, 0.2) is 0 Å². The monoisotopic (exact) mass is 365 g/mol. The molecule has 0 unspecified atom stereocenters. The van der Waals surface area contributed by atoms with Crippen LogP contribution in [0.5, 0.6) is 12.0 Å². The molecule has 2 aromatic rings. The number of hydrogen-bond donors (Lipinski definition) is 1. The first kappa shape index (κ1) is 19.6. The second-order valence-corrected chi connectivity index (χ2v) is 6.00. The van der Waals surface area contributed by atoms with Crippen LogP contribution in [0.15, 0.2) is 24.8 Å². The van der Waals surface area contributed by atoms with Crippen molar-refractivity contribution in [2.75, 3.05) is 0 Å². The van der Waals surface area contributed by atoms with Gasteiger partial charge in [0.2, 0.25) is 0 Å². The molecule has 0 aliphatic rings. The number of hydrogen-bond acceptors (Lipinski definition) is 5. The van der Waals surface area contributed by atoms with Gasteiger partial charge in [-0.1, -0.05) is 0 Å². The number of nitrogens with two attached hydrogens (primary N) is 1. The summed E-state index contributed by atoms with van der Waals surface area (Å²) in [7, 11) is 3.57. The highest BCUT2D eigenvalue weighted by Crippen LogP contribution is 2.09. The number of nitrogens with zero attached hydrogens (tertiary/aromatic N) is 4. The van der Waals surface area contributed by atoms with Crippen molar-refractivity contribution in [1.29, 1.82) is 0 Å². The Balaban J connectivity index is 1.88. The zero-order valence-electron chi connectivity index (χ0n) is 15.7. The van der Waals surface area contributed by atoms with E-state index in [1.165, 1.54) is 0 Å². The summed E-state index contributed by atoms with van der Waals surface area (Å²) in [5, 5.41) is 0. The normalized spacial score (nSPS) is 12.0. The van der Waals surface area contributed by atoms with Gasteiger partial charge in [-0.25, -0.2) is 4.79 Å². The smallest absolute Gasteiger partial charge is 0.357 e. The molecule has 0 aromatic carbocycles. The summed E-state index contributed by atoms with van der Waals surface area (Å²) in [5.41, 5.74) is 5.87. The SMILES string of the molecule is CCn1cc[n+](C)c1OC(=O)CC[C@H](N)C(=O)Oc1n(CC)cc[n+]1C. The summed E-state index contributed by atoms with van der Waals surface area (Å²) in [6.45, 7) is 5.25. The maximum atomic E-state index is 12.2. The van der Waals surface area contributed by atoms with Crippen molar-refractivity contribution in [3.8, 4) is 12.0 Å². The lowest BCUT2D eigenvalue weighted by Gasteiger charge is -2.09. The third-order valence-electron chi connectivity index (χ3n) is 4.08. The van der Waals surface area contributed by atoms with Crippen molar-refractivity contribution < 1.29 is 28.2 Å². The van der Waals surface area contributed by atoms with Crippen molar-refractivity contribution in [1.82, 2.24) is 9.13 Å². The average Bonchev–Trinajstić information content (AvgIpc) is 3.15. The summed E-state index contributed by atoms with van der Waals surface area (Å²) in [6, 6.07) is -0.0563. The largest absolute Gasteiger partial charge is 0.463 e. The van der Waals surface area contributed by atoms with Gasteiger partial charge in [0.05, 0.1) is 27.2 Å². The predicted molar refractivity (Wildman–Crippen MR) is 91.0 cm³/mol. The van der Waals surface area contributed by atoms with E-state index in [0.717, 1.165) is 0 Å². The second-order valence-electron chi connectivity index (χ2n) is 6.00. The Labute approximate surface area is 152 Å². The van der Waals surface area contributed by atoms with Crippen molar-refractivity contribution in [2.45, 2.75) is 45.8 Å². The number of imidazole rings is 2. The highest BCUT2D eigenvalue weighted by atomic mass is 16.6. The lowest BCUT2D eigenvalue weighted by atomic mass is 10.2. The molecular weight excluding hydrogens is 338 g/mol. The second kappa shape index (κ2) is 8.61. The van der Waals surface area contributed by atoms with E-state index in [1.807, 2.05) is 30.8 Å². The van der Waals surface area contributed by atoms with Crippen LogP contribution in [0.3, 0.4) is 0 Å². The predicted octanol–water partition coefficient (Wildman–Crippen LogP) is -0.403. The van der Waals surface area contributed by atoms with Gasteiger partial charge >= 0.3 is 24.0 Å². The Morgan fingerprint density at radius 3 is 2.04 bits per heavy atom. The number of rotatable bonds is 8. The Bertz CT molecular complexity index is 780. The van der Waals surface area contributed by atoms with Gasteiger partial charge in [0.25, 0.3) is 0 Å². The van der Waals surface area contributed by atoms with Crippen molar-refractivity contribution in [3.63, 3.8) is 0 Å². The molecule has 2 rings (SSSR count). The number of aromatic nitrogens is 4. The zero-order chi connectivity index (χ0) is 19.3. The first-order chi connectivity index (χ1) is 12.4. The quantitative estimate of drug-likeness (QED) is 0.507. The molecule has 0 saturated heterocycles. The zero-order valence-corrected chi connectivity index (χ0v) is 15.7. The third-order valence-corrected chi connectivity index (χ3v) is 4.08. The minimum Gasteiger partial charge on any atom is -0.357 e. The molecule has 0 fully saturated rings. The number of carbonyl (C=O) groups excluding carboxylic acids is 2. The van der Waals surface area contributed by atoms with Crippen LogP contribution in [0.25, 0.3) is 0 Å². The highest BCUT2D eigenvalue weighted by molar-refractivity contribution is 5.78. The van der Waals surface area contributed by atoms with E-state index in [0.29, 0.717) is 25.1 Å². The van der Waals surface area contributed by atoms with E-state index in [2.05, 4.69) is 0 Å². The molecule has 26 heavy (non-hydrogen) atoms. The van der Waals surface area contributed by atoms with Gasteiger partial charge < -0.3 is 15.2 Å².